The number of amides is 1. The summed E-state index contributed by atoms with van der Waals surface area (Å²) in [7, 11) is 0. The lowest BCUT2D eigenvalue weighted by Crippen LogP contribution is -2.34. The largest absolute Gasteiger partial charge is 0.454 e. The molecule has 2 heterocycles. The summed E-state index contributed by atoms with van der Waals surface area (Å²) in [6.45, 7) is 2.14. The molecular formula is C23H29NO3. The lowest BCUT2D eigenvalue weighted by molar-refractivity contribution is -0.126. The van der Waals surface area contributed by atoms with Crippen LogP contribution in [0.2, 0.25) is 0 Å². The maximum Gasteiger partial charge on any atom is 0.246 e. The third-order valence-corrected chi connectivity index (χ3v) is 4.85. The van der Waals surface area contributed by atoms with Crippen molar-refractivity contribution in [2.24, 2.45) is 0 Å². The Kier molecular flexibility index (Phi) is 7.57. The summed E-state index contributed by atoms with van der Waals surface area (Å²) >= 11 is 0. The third kappa shape index (κ3) is 6.31. The van der Waals surface area contributed by atoms with Gasteiger partial charge in [-0.15, -0.1) is 0 Å². The first-order valence-electron chi connectivity index (χ1n) is 10.0. The normalized spacial score (nSPS) is 16.8. The molecule has 1 amide bonds. The van der Waals surface area contributed by atoms with E-state index in [0.29, 0.717) is 6.79 Å². The molecule has 0 radical (unpaired) electrons. The SMILES string of the molecule is O=C(C=CC=CCCCCC=Cc1ccc2c(c1)OCO2)N1CCCCC1. The summed E-state index contributed by atoms with van der Waals surface area (Å²) in [6.07, 6.45) is 20.0. The first kappa shape index (κ1) is 19.3. The highest BCUT2D eigenvalue weighted by Gasteiger charge is 2.13. The zero-order valence-electron chi connectivity index (χ0n) is 15.9. The lowest BCUT2D eigenvalue weighted by Gasteiger charge is -2.25. The third-order valence-electron chi connectivity index (χ3n) is 4.85. The second-order valence-electron chi connectivity index (χ2n) is 6.97. The van der Waals surface area contributed by atoms with Crippen LogP contribution in [0.4, 0.5) is 0 Å². The number of ether oxygens (including phenoxy) is 2. The summed E-state index contributed by atoms with van der Waals surface area (Å²) in [5.74, 6) is 1.80. The molecule has 144 valence electrons. The van der Waals surface area contributed by atoms with Crippen molar-refractivity contribution in [1.82, 2.24) is 4.90 Å². The molecule has 0 N–H and O–H groups in total. The highest BCUT2D eigenvalue weighted by atomic mass is 16.7. The van der Waals surface area contributed by atoms with E-state index < -0.39 is 0 Å². The van der Waals surface area contributed by atoms with Gasteiger partial charge in [0.25, 0.3) is 0 Å². The number of piperidine rings is 1. The zero-order valence-corrected chi connectivity index (χ0v) is 15.9. The fourth-order valence-corrected chi connectivity index (χ4v) is 3.29. The number of carbonyl (C=O) groups is 1. The van der Waals surface area contributed by atoms with Gasteiger partial charge in [-0.2, -0.15) is 0 Å². The van der Waals surface area contributed by atoms with Gasteiger partial charge >= 0.3 is 0 Å². The van der Waals surface area contributed by atoms with E-state index in [9.17, 15) is 4.79 Å². The van der Waals surface area contributed by atoms with Crippen molar-refractivity contribution in [1.29, 1.82) is 0 Å². The summed E-state index contributed by atoms with van der Waals surface area (Å²) in [4.78, 5) is 13.9. The topological polar surface area (TPSA) is 38.8 Å². The number of fused-ring (bicyclic) bond motifs is 1. The second kappa shape index (κ2) is 10.6. The summed E-state index contributed by atoms with van der Waals surface area (Å²) in [5, 5.41) is 0. The number of carbonyl (C=O) groups excluding carboxylic acids is 1. The molecule has 27 heavy (non-hydrogen) atoms. The molecule has 0 bridgehead atoms. The van der Waals surface area contributed by atoms with Crippen LogP contribution in [-0.4, -0.2) is 30.7 Å². The van der Waals surface area contributed by atoms with E-state index >= 15 is 0 Å². The molecule has 3 rings (SSSR count). The van der Waals surface area contributed by atoms with Crippen LogP contribution in [0.5, 0.6) is 11.5 Å². The van der Waals surface area contributed by atoms with Crippen LogP contribution in [0.25, 0.3) is 6.08 Å². The molecule has 0 unspecified atom stereocenters. The van der Waals surface area contributed by atoms with Crippen molar-refractivity contribution in [3.05, 3.63) is 54.1 Å². The van der Waals surface area contributed by atoms with Gasteiger partial charge in [0.05, 0.1) is 0 Å². The number of hydrogen-bond donors (Lipinski definition) is 0. The molecule has 0 aromatic heterocycles. The molecule has 4 heteroatoms. The van der Waals surface area contributed by atoms with Gasteiger partial charge in [0.15, 0.2) is 11.5 Å². The Labute approximate surface area is 162 Å². The van der Waals surface area contributed by atoms with Crippen molar-refractivity contribution in [3.63, 3.8) is 0 Å². The van der Waals surface area contributed by atoms with Crippen LogP contribution >= 0.6 is 0 Å². The van der Waals surface area contributed by atoms with Crippen LogP contribution in [0, 0.1) is 0 Å². The number of likely N-dealkylation sites (tertiary alicyclic amines) is 1. The molecule has 1 aromatic rings. The fourth-order valence-electron chi connectivity index (χ4n) is 3.29. The Morgan fingerprint density at radius 3 is 2.59 bits per heavy atom. The predicted octanol–water partition coefficient (Wildman–Crippen LogP) is 5.11. The molecule has 1 aromatic carbocycles. The van der Waals surface area contributed by atoms with Gasteiger partial charge in [-0.25, -0.2) is 0 Å². The standard InChI is InChI=1S/C23H29NO3/c25-23(24-16-10-7-11-17-24)13-9-6-4-2-1-3-5-8-12-20-14-15-21-22(18-20)27-19-26-21/h4,6,8-9,12-15,18H,1-3,5,7,10-11,16-17,19H2. The maximum atomic E-state index is 12.0. The van der Waals surface area contributed by atoms with Crippen LogP contribution in [0.15, 0.2) is 48.6 Å². The van der Waals surface area contributed by atoms with Crippen molar-refractivity contribution in [2.75, 3.05) is 19.9 Å². The van der Waals surface area contributed by atoms with E-state index in [1.807, 2.05) is 35.3 Å². The monoisotopic (exact) mass is 367 g/mol. The Bertz CT molecular complexity index is 700. The maximum absolute atomic E-state index is 12.0. The van der Waals surface area contributed by atoms with Crippen molar-refractivity contribution in [3.8, 4) is 11.5 Å². The molecule has 0 saturated carbocycles. The van der Waals surface area contributed by atoms with Crippen LogP contribution in [0.1, 0.15) is 50.5 Å². The Morgan fingerprint density at radius 1 is 0.963 bits per heavy atom. The van der Waals surface area contributed by atoms with Crippen LogP contribution < -0.4 is 9.47 Å². The van der Waals surface area contributed by atoms with Crippen molar-refractivity contribution in [2.45, 2.75) is 44.9 Å². The Balaban J connectivity index is 1.26. The van der Waals surface area contributed by atoms with Crippen LogP contribution in [0.3, 0.4) is 0 Å². The minimum Gasteiger partial charge on any atom is -0.454 e. The first-order valence-corrected chi connectivity index (χ1v) is 10.0. The Morgan fingerprint density at radius 2 is 1.74 bits per heavy atom. The first-order chi connectivity index (χ1) is 13.3. The van der Waals surface area contributed by atoms with E-state index in [2.05, 4.69) is 18.2 Å². The second-order valence-corrected chi connectivity index (χ2v) is 6.97. The molecule has 2 aliphatic heterocycles. The number of unbranched alkanes of at least 4 members (excludes halogenated alkanes) is 3. The van der Waals surface area contributed by atoms with E-state index in [1.165, 1.54) is 6.42 Å². The van der Waals surface area contributed by atoms with E-state index in [-0.39, 0.29) is 5.91 Å². The smallest absolute Gasteiger partial charge is 0.246 e. The van der Waals surface area contributed by atoms with Crippen molar-refractivity contribution >= 4 is 12.0 Å². The summed E-state index contributed by atoms with van der Waals surface area (Å²) < 4.78 is 10.7. The van der Waals surface area contributed by atoms with Gasteiger partial charge in [0.1, 0.15) is 0 Å². The average molecular weight is 367 g/mol. The summed E-state index contributed by atoms with van der Waals surface area (Å²) in [5.41, 5.74) is 1.14. The van der Waals surface area contributed by atoms with Crippen molar-refractivity contribution < 1.29 is 14.3 Å². The molecular weight excluding hydrogens is 338 g/mol. The average Bonchev–Trinajstić information content (AvgIpc) is 3.17. The summed E-state index contributed by atoms with van der Waals surface area (Å²) in [6, 6.07) is 6.01. The number of allylic oxidation sites excluding steroid dienone is 4. The highest BCUT2D eigenvalue weighted by molar-refractivity contribution is 5.87. The van der Waals surface area contributed by atoms with Gasteiger partial charge in [0.2, 0.25) is 12.7 Å². The Hall–Kier alpha value is -2.49. The van der Waals surface area contributed by atoms with E-state index in [1.54, 1.807) is 6.08 Å². The number of benzene rings is 1. The van der Waals surface area contributed by atoms with Gasteiger partial charge in [-0.3, -0.25) is 4.79 Å². The number of rotatable bonds is 8. The molecule has 1 fully saturated rings. The molecule has 2 aliphatic rings. The van der Waals surface area contributed by atoms with Gasteiger partial charge in [-0.05, 0) is 62.6 Å². The highest BCUT2D eigenvalue weighted by Crippen LogP contribution is 2.32. The fraction of sp³-hybridized carbons (Fsp3) is 0.435. The quantitative estimate of drug-likeness (QED) is 0.364. The van der Waals surface area contributed by atoms with E-state index in [0.717, 1.165) is 68.7 Å². The van der Waals surface area contributed by atoms with E-state index in [4.69, 9.17) is 9.47 Å². The molecule has 1 saturated heterocycles. The number of nitrogens with zero attached hydrogens (tertiary/aromatic N) is 1. The zero-order chi connectivity index (χ0) is 18.7. The minimum atomic E-state index is 0.146. The lowest BCUT2D eigenvalue weighted by atomic mass is 10.1. The molecule has 0 atom stereocenters. The predicted molar refractivity (Wildman–Crippen MR) is 109 cm³/mol. The van der Waals surface area contributed by atoms with Crippen LogP contribution in [-0.2, 0) is 4.79 Å². The van der Waals surface area contributed by atoms with Gasteiger partial charge < -0.3 is 14.4 Å². The van der Waals surface area contributed by atoms with Gasteiger partial charge in [-0.1, -0.05) is 36.4 Å². The molecule has 0 spiro atoms. The number of hydrogen-bond acceptors (Lipinski definition) is 3. The molecule has 0 aliphatic carbocycles. The minimum absolute atomic E-state index is 0.146. The molecule has 4 nitrogen and oxygen atoms in total. The van der Waals surface area contributed by atoms with Gasteiger partial charge in [0, 0.05) is 19.2 Å².